The lowest BCUT2D eigenvalue weighted by molar-refractivity contribution is 0.0506. The average Bonchev–Trinajstić information content (AvgIpc) is 2.38. The molecule has 0 aliphatic carbocycles. The van der Waals surface area contributed by atoms with Crippen molar-refractivity contribution in [2.45, 2.75) is 65.6 Å². The predicted octanol–water partition coefficient (Wildman–Crippen LogP) is 3.65. The molecule has 23 heavy (non-hydrogen) atoms. The Kier molecular flexibility index (Phi) is 6.88. The van der Waals surface area contributed by atoms with Crippen LogP contribution >= 0.6 is 0 Å². The molecule has 1 amide bonds. The monoisotopic (exact) mass is 322 g/mol. The van der Waals surface area contributed by atoms with E-state index in [1.807, 2.05) is 53.7 Å². The van der Waals surface area contributed by atoms with Crippen molar-refractivity contribution in [1.82, 2.24) is 10.6 Å². The van der Waals surface area contributed by atoms with E-state index in [9.17, 15) is 9.90 Å². The predicted molar refractivity (Wildman–Crippen MR) is 92.7 cm³/mol. The Morgan fingerprint density at radius 3 is 2.57 bits per heavy atom. The van der Waals surface area contributed by atoms with Crippen LogP contribution in [0.2, 0.25) is 0 Å². The number of aryl methyl sites for hydroxylation is 1. The van der Waals surface area contributed by atoms with Gasteiger partial charge in [0, 0.05) is 17.6 Å². The second-order valence-corrected chi connectivity index (χ2v) is 7.07. The highest BCUT2D eigenvalue weighted by Crippen LogP contribution is 2.24. The molecule has 0 heterocycles. The van der Waals surface area contributed by atoms with Crippen LogP contribution in [0.4, 0.5) is 4.79 Å². The second kappa shape index (κ2) is 8.20. The van der Waals surface area contributed by atoms with Gasteiger partial charge >= 0.3 is 6.09 Å². The molecule has 0 aliphatic heterocycles. The lowest BCUT2D eigenvalue weighted by Gasteiger charge is -2.22. The van der Waals surface area contributed by atoms with Gasteiger partial charge in [-0.1, -0.05) is 17.7 Å². The highest BCUT2D eigenvalue weighted by Gasteiger charge is 2.17. The SMILES string of the molecule is Cc1ccc(O)c(C(C)NCCC(C)NC(=O)OC(C)(C)C)c1. The van der Waals surface area contributed by atoms with E-state index >= 15 is 0 Å². The number of alkyl carbamates (subject to hydrolysis) is 1. The third-order valence-corrected chi connectivity index (χ3v) is 3.44. The van der Waals surface area contributed by atoms with Crippen molar-refractivity contribution in [2.75, 3.05) is 6.54 Å². The van der Waals surface area contributed by atoms with E-state index in [0.717, 1.165) is 24.1 Å². The summed E-state index contributed by atoms with van der Waals surface area (Å²) < 4.78 is 5.23. The van der Waals surface area contributed by atoms with Crippen molar-refractivity contribution in [1.29, 1.82) is 0 Å². The Balaban J connectivity index is 2.38. The molecule has 5 nitrogen and oxygen atoms in total. The smallest absolute Gasteiger partial charge is 0.407 e. The summed E-state index contributed by atoms with van der Waals surface area (Å²) in [5.41, 5.74) is 1.52. The van der Waals surface area contributed by atoms with Gasteiger partial charge in [-0.3, -0.25) is 0 Å². The quantitative estimate of drug-likeness (QED) is 0.747. The summed E-state index contributed by atoms with van der Waals surface area (Å²) in [6.45, 7) is 12.2. The standard InChI is InChI=1S/C18H30N2O3/c1-12-7-8-16(21)15(11-12)14(3)19-10-9-13(2)20-17(22)23-18(4,5)6/h7-8,11,13-14,19,21H,9-10H2,1-6H3,(H,20,22). The highest BCUT2D eigenvalue weighted by molar-refractivity contribution is 5.68. The molecule has 0 fully saturated rings. The summed E-state index contributed by atoms with van der Waals surface area (Å²) in [6.07, 6.45) is 0.380. The highest BCUT2D eigenvalue weighted by atomic mass is 16.6. The molecule has 2 atom stereocenters. The number of amides is 1. The third kappa shape index (κ3) is 7.37. The van der Waals surface area contributed by atoms with E-state index in [1.165, 1.54) is 0 Å². The maximum atomic E-state index is 11.7. The molecule has 1 aromatic carbocycles. The number of nitrogens with one attached hydrogen (secondary N) is 2. The van der Waals surface area contributed by atoms with Gasteiger partial charge in [-0.05, 0) is 60.6 Å². The van der Waals surface area contributed by atoms with Crippen LogP contribution in [0.25, 0.3) is 0 Å². The molecule has 0 saturated heterocycles. The zero-order valence-corrected chi connectivity index (χ0v) is 15.1. The van der Waals surface area contributed by atoms with Crippen molar-refractivity contribution in [3.8, 4) is 5.75 Å². The van der Waals surface area contributed by atoms with Gasteiger partial charge in [-0.25, -0.2) is 4.79 Å². The summed E-state index contributed by atoms with van der Waals surface area (Å²) in [7, 11) is 0. The molecule has 2 unspecified atom stereocenters. The molecule has 3 N–H and O–H groups in total. The van der Waals surface area contributed by atoms with Gasteiger partial charge in [0.25, 0.3) is 0 Å². The molecule has 0 saturated carbocycles. The number of hydrogen-bond donors (Lipinski definition) is 3. The van der Waals surface area contributed by atoms with Gasteiger partial charge in [0.2, 0.25) is 0 Å². The van der Waals surface area contributed by atoms with Gasteiger partial charge in [-0.15, -0.1) is 0 Å². The fourth-order valence-electron chi connectivity index (χ4n) is 2.23. The number of ether oxygens (including phenoxy) is 1. The van der Waals surface area contributed by atoms with Crippen LogP contribution < -0.4 is 10.6 Å². The van der Waals surface area contributed by atoms with E-state index in [-0.39, 0.29) is 12.1 Å². The van der Waals surface area contributed by atoms with Crippen molar-refractivity contribution < 1.29 is 14.6 Å². The van der Waals surface area contributed by atoms with E-state index in [1.54, 1.807) is 6.07 Å². The Morgan fingerprint density at radius 2 is 1.96 bits per heavy atom. The molecule has 1 rings (SSSR count). The van der Waals surface area contributed by atoms with Crippen molar-refractivity contribution in [2.24, 2.45) is 0 Å². The Bertz CT molecular complexity index is 523. The fraction of sp³-hybridized carbons (Fsp3) is 0.611. The first-order valence-electron chi connectivity index (χ1n) is 8.11. The van der Waals surface area contributed by atoms with Crippen LogP contribution in [0.3, 0.4) is 0 Å². The maximum Gasteiger partial charge on any atom is 0.407 e. The summed E-state index contributed by atoms with van der Waals surface area (Å²) >= 11 is 0. The van der Waals surface area contributed by atoms with E-state index in [0.29, 0.717) is 5.75 Å². The number of benzene rings is 1. The van der Waals surface area contributed by atoms with E-state index < -0.39 is 11.7 Å². The zero-order valence-electron chi connectivity index (χ0n) is 15.1. The minimum atomic E-state index is -0.487. The van der Waals surface area contributed by atoms with Crippen molar-refractivity contribution >= 4 is 6.09 Å². The van der Waals surface area contributed by atoms with Crippen LogP contribution in [0.15, 0.2) is 18.2 Å². The lowest BCUT2D eigenvalue weighted by Crippen LogP contribution is -2.39. The Hall–Kier alpha value is -1.75. The zero-order chi connectivity index (χ0) is 17.6. The first-order valence-corrected chi connectivity index (χ1v) is 8.11. The molecule has 0 aliphatic rings. The first-order chi connectivity index (χ1) is 10.6. The van der Waals surface area contributed by atoms with Gasteiger partial charge in [0.05, 0.1) is 0 Å². The molecule has 1 aromatic rings. The molecule has 0 spiro atoms. The number of carbonyl (C=O) groups excluding carboxylic acids is 1. The Morgan fingerprint density at radius 1 is 1.30 bits per heavy atom. The van der Waals surface area contributed by atoms with Crippen LogP contribution in [0.1, 0.15) is 58.2 Å². The summed E-state index contributed by atoms with van der Waals surface area (Å²) in [4.78, 5) is 11.7. The minimum Gasteiger partial charge on any atom is -0.508 e. The summed E-state index contributed by atoms with van der Waals surface area (Å²) in [5, 5.41) is 16.1. The normalized spacial score (nSPS) is 14.2. The molecule has 0 radical (unpaired) electrons. The molecular weight excluding hydrogens is 292 g/mol. The number of phenolic OH excluding ortho intramolecular Hbond substituents is 1. The van der Waals surface area contributed by atoms with Crippen LogP contribution in [0.5, 0.6) is 5.75 Å². The van der Waals surface area contributed by atoms with Gasteiger partial charge < -0.3 is 20.5 Å². The van der Waals surface area contributed by atoms with Crippen LogP contribution in [-0.2, 0) is 4.74 Å². The topological polar surface area (TPSA) is 70.6 Å². The number of phenols is 1. The van der Waals surface area contributed by atoms with Gasteiger partial charge in [-0.2, -0.15) is 0 Å². The van der Waals surface area contributed by atoms with Gasteiger partial charge in [0.15, 0.2) is 0 Å². The Labute approximate surface area is 139 Å². The fourth-order valence-corrected chi connectivity index (χ4v) is 2.23. The van der Waals surface area contributed by atoms with E-state index in [4.69, 9.17) is 4.74 Å². The average molecular weight is 322 g/mol. The maximum absolute atomic E-state index is 11.7. The molecule has 0 aromatic heterocycles. The number of carbonyl (C=O) groups is 1. The number of rotatable bonds is 6. The summed E-state index contributed by atoms with van der Waals surface area (Å²) in [6, 6.07) is 5.64. The van der Waals surface area contributed by atoms with Gasteiger partial charge in [0.1, 0.15) is 11.4 Å². The van der Waals surface area contributed by atoms with Crippen LogP contribution in [0, 0.1) is 6.92 Å². The number of aromatic hydroxyl groups is 1. The second-order valence-electron chi connectivity index (χ2n) is 7.07. The number of hydrogen-bond acceptors (Lipinski definition) is 4. The van der Waals surface area contributed by atoms with Crippen molar-refractivity contribution in [3.63, 3.8) is 0 Å². The molecule has 130 valence electrons. The lowest BCUT2D eigenvalue weighted by atomic mass is 10.0. The molecule has 0 bridgehead atoms. The minimum absolute atomic E-state index is 0.00987. The van der Waals surface area contributed by atoms with Crippen LogP contribution in [-0.4, -0.2) is 29.4 Å². The molecule has 5 heteroatoms. The molecular formula is C18H30N2O3. The first kappa shape index (κ1) is 19.3. The third-order valence-electron chi connectivity index (χ3n) is 3.44. The van der Waals surface area contributed by atoms with E-state index in [2.05, 4.69) is 10.6 Å². The van der Waals surface area contributed by atoms with Crippen molar-refractivity contribution in [3.05, 3.63) is 29.3 Å². The largest absolute Gasteiger partial charge is 0.508 e. The summed E-state index contributed by atoms with van der Waals surface area (Å²) in [5.74, 6) is 0.301.